The van der Waals surface area contributed by atoms with Crippen LogP contribution in [0.3, 0.4) is 0 Å². The maximum absolute atomic E-state index is 12.8. The van der Waals surface area contributed by atoms with E-state index in [2.05, 4.69) is 0 Å². The molecule has 2 heterocycles. The minimum Gasteiger partial charge on any atom is -0.393 e. The number of hydrogen-bond acceptors (Lipinski definition) is 3. The van der Waals surface area contributed by atoms with Crippen LogP contribution in [0.2, 0.25) is 0 Å². The largest absolute Gasteiger partial charge is 0.393 e. The number of carbonyl (C=O) groups is 2. The SMILES string of the molecule is Cc1ccc(N2CC(C(=O)N3CCC(O)CC3)CCC2=O)cc1C. The third kappa shape index (κ3) is 3.46. The Balaban J connectivity index is 1.72. The number of anilines is 1. The third-order valence-electron chi connectivity index (χ3n) is 5.34. The minimum atomic E-state index is -0.283. The fourth-order valence-electron chi connectivity index (χ4n) is 3.54. The first-order chi connectivity index (χ1) is 11.5. The van der Waals surface area contributed by atoms with E-state index in [1.165, 1.54) is 5.56 Å². The van der Waals surface area contributed by atoms with E-state index in [1.54, 1.807) is 4.90 Å². The maximum atomic E-state index is 12.8. The zero-order chi connectivity index (χ0) is 17.3. The van der Waals surface area contributed by atoms with Crippen LogP contribution >= 0.6 is 0 Å². The lowest BCUT2D eigenvalue weighted by Crippen LogP contribution is -2.49. The number of aryl methyl sites for hydroxylation is 2. The van der Waals surface area contributed by atoms with Gasteiger partial charge in [-0.05, 0) is 56.4 Å². The molecule has 0 aromatic heterocycles. The highest BCUT2D eigenvalue weighted by molar-refractivity contribution is 5.96. The van der Waals surface area contributed by atoms with Gasteiger partial charge in [-0.15, -0.1) is 0 Å². The molecule has 1 aromatic rings. The van der Waals surface area contributed by atoms with Crippen molar-refractivity contribution in [2.75, 3.05) is 24.5 Å². The van der Waals surface area contributed by atoms with Crippen molar-refractivity contribution >= 4 is 17.5 Å². The van der Waals surface area contributed by atoms with Gasteiger partial charge in [0.2, 0.25) is 11.8 Å². The van der Waals surface area contributed by atoms with Gasteiger partial charge in [0.15, 0.2) is 0 Å². The molecule has 0 bridgehead atoms. The average Bonchev–Trinajstić information content (AvgIpc) is 2.58. The zero-order valence-corrected chi connectivity index (χ0v) is 14.5. The fraction of sp³-hybridized carbons (Fsp3) is 0.579. The molecule has 3 rings (SSSR count). The summed E-state index contributed by atoms with van der Waals surface area (Å²) in [6.07, 6.45) is 2.06. The summed E-state index contributed by atoms with van der Waals surface area (Å²) in [5, 5.41) is 9.60. The molecule has 130 valence electrons. The van der Waals surface area contributed by atoms with Crippen LogP contribution in [0.4, 0.5) is 5.69 Å². The molecule has 0 radical (unpaired) electrons. The molecule has 5 heteroatoms. The second kappa shape index (κ2) is 6.93. The lowest BCUT2D eigenvalue weighted by Gasteiger charge is -2.37. The van der Waals surface area contributed by atoms with Gasteiger partial charge in [-0.1, -0.05) is 6.07 Å². The van der Waals surface area contributed by atoms with E-state index in [9.17, 15) is 14.7 Å². The summed E-state index contributed by atoms with van der Waals surface area (Å²) in [5.41, 5.74) is 3.23. The number of nitrogens with zero attached hydrogens (tertiary/aromatic N) is 2. The van der Waals surface area contributed by atoms with E-state index in [0.29, 0.717) is 45.3 Å². The molecular formula is C19H26N2O3. The summed E-state index contributed by atoms with van der Waals surface area (Å²) in [7, 11) is 0. The molecule has 2 fully saturated rings. The molecule has 2 aliphatic rings. The molecular weight excluding hydrogens is 304 g/mol. The molecule has 1 N–H and O–H groups in total. The van der Waals surface area contributed by atoms with E-state index in [1.807, 2.05) is 36.9 Å². The van der Waals surface area contributed by atoms with E-state index >= 15 is 0 Å². The molecule has 1 atom stereocenters. The Bertz CT molecular complexity index is 635. The zero-order valence-electron chi connectivity index (χ0n) is 14.5. The van der Waals surface area contributed by atoms with E-state index in [0.717, 1.165) is 11.3 Å². The highest BCUT2D eigenvalue weighted by Crippen LogP contribution is 2.27. The number of aliphatic hydroxyl groups is 1. The maximum Gasteiger partial charge on any atom is 0.227 e. The van der Waals surface area contributed by atoms with Gasteiger partial charge in [0.25, 0.3) is 0 Å². The summed E-state index contributed by atoms with van der Waals surface area (Å²) in [6.45, 7) is 5.78. The Morgan fingerprint density at radius 2 is 1.83 bits per heavy atom. The highest BCUT2D eigenvalue weighted by Gasteiger charge is 2.34. The summed E-state index contributed by atoms with van der Waals surface area (Å²) >= 11 is 0. The van der Waals surface area contributed by atoms with Gasteiger partial charge in [0.05, 0.1) is 12.0 Å². The van der Waals surface area contributed by atoms with Crippen molar-refractivity contribution in [2.24, 2.45) is 5.92 Å². The Labute approximate surface area is 143 Å². The lowest BCUT2D eigenvalue weighted by atomic mass is 9.94. The quantitative estimate of drug-likeness (QED) is 0.902. The second-order valence-electron chi connectivity index (χ2n) is 7.06. The van der Waals surface area contributed by atoms with Crippen LogP contribution in [-0.2, 0) is 9.59 Å². The van der Waals surface area contributed by atoms with Crippen molar-refractivity contribution in [3.8, 4) is 0 Å². The number of carbonyl (C=O) groups excluding carboxylic acids is 2. The average molecular weight is 330 g/mol. The summed E-state index contributed by atoms with van der Waals surface area (Å²) in [4.78, 5) is 28.7. The van der Waals surface area contributed by atoms with Gasteiger partial charge in [0.1, 0.15) is 0 Å². The molecule has 1 unspecified atom stereocenters. The molecule has 1 aromatic carbocycles. The predicted molar refractivity (Wildman–Crippen MR) is 92.8 cm³/mol. The van der Waals surface area contributed by atoms with Gasteiger partial charge in [-0.25, -0.2) is 0 Å². The van der Waals surface area contributed by atoms with Crippen molar-refractivity contribution in [2.45, 2.75) is 45.6 Å². The van der Waals surface area contributed by atoms with Gasteiger partial charge in [-0.2, -0.15) is 0 Å². The van der Waals surface area contributed by atoms with Crippen molar-refractivity contribution in [1.82, 2.24) is 4.90 Å². The first-order valence-corrected chi connectivity index (χ1v) is 8.80. The van der Waals surface area contributed by atoms with Gasteiger partial charge in [-0.3, -0.25) is 9.59 Å². The monoisotopic (exact) mass is 330 g/mol. The Kier molecular flexibility index (Phi) is 4.90. The number of rotatable bonds is 2. The van der Waals surface area contributed by atoms with E-state index in [4.69, 9.17) is 0 Å². The standard InChI is InChI=1S/C19H26N2O3/c1-13-3-5-16(11-14(13)2)21-12-15(4-6-18(21)23)19(24)20-9-7-17(22)8-10-20/h3,5,11,15,17,22H,4,6-10,12H2,1-2H3. The van der Waals surface area contributed by atoms with Crippen molar-refractivity contribution in [1.29, 1.82) is 0 Å². The molecule has 2 amide bonds. The highest BCUT2D eigenvalue weighted by atomic mass is 16.3. The van der Waals surface area contributed by atoms with Gasteiger partial charge in [0, 0.05) is 31.7 Å². The van der Waals surface area contributed by atoms with Crippen molar-refractivity contribution < 1.29 is 14.7 Å². The van der Waals surface area contributed by atoms with Crippen LogP contribution in [0.25, 0.3) is 0 Å². The molecule has 0 saturated carbocycles. The van der Waals surface area contributed by atoms with Crippen LogP contribution in [-0.4, -0.2) is 47.6 Å². The summed E-state index contributed by atoms with van der Waals surface area (Å²) in [6, 6.07) is 6.01. The second-order valence-corrected chi connectivity index (χ2v) is 7.06. The molecule has 24 heavy (non-hydrogen) atoms. The summed E-state index contributed by atoms with van der Waals surface area (Å²) in [5.74, 6) is 0.0826. The number of amides is 2. The number of benzene rings is 1. The van der Waals surface area contributed by atoms with Gasteiger partial charge < -0.3 is 14.9 Å². The number of piperidine rings is 2. The van der Waals surface area contributed by atoms with E-state index in [-0.39, 0.29) is 23.8 Å². The van der Waals surface area contributed by atoms with Crippen LogP contribution in [0.5, 0.6) is 0 Å². The minimum absolute atomic E-state index is 0.0939. The van der Waals surface area contributed by atoms with Crippen LogP contribution in [0.1, 0.15) is 36.8 Å². The number of hydrogen-bond donors (Lipinski definition) is 1. The number of aliphatic hydroxyl groups excluding tert-OH is 1. The number of likely N-dealkylation sites (tertiary alicyclic amines) is 1. The predicted octanol–water partition coefficient (Wildman–Crippen LogP) is 2.03. The topological polar surface area (TPSA) is 60.9 Å². The molecule has 0 spiro atoms. The van der Waals surface area contributed by atoms with Crippen LogP contribution in [0, 0.1) is 19.8 Å². The fourth-order valence-corrected chi connectivity index (χ4v) is 3.54. The third-order valence-corrected chi connectivity index (χ3v) is 5.34. The van der Waals surface area contributed by atoms with Crippen LogP contribution < -0.4 is 4.90 Å². The van der Waals surface area contributed by atoms with Crippen molar-refractivity contribution in [3.63, 3.8) is 0 Å². The Morgan fingerprint density at radius 3 is 2.50 bits per heavy atom. The lowest BCUT2D eigenvalue weighted by molar-refractivity contribution is -0.138. The molecule has 2 saturated heterocycles. The first kappa shape index (κ1) is 17.0. The van der Waals surface area contributed by atoms with Crippen molar-refractivity contribution in [3.05, 3.63) is 29.3 Å². The molecule has 5 nitrogen and oxygen atoms in total. The Hall–Kier alpha value is -1.88. The van der Waals surface area contributed by atoms with Crippen LogP contribution in [0.15, 0.2) is 18.2 Å². The first-order valence-electron chi connectivity index (χ1n) is 8.80. The normalized spacial score (nSPS) is 22.8. The smallest absolute Gasteiger partial charge is 0.227 e. The molecule has 2 aliphatic heterocycles. The Morgan fingerprint density at radius 1 is 1.12 bits per heavy atom. The molecule has 0 aliphatic carbocycles. The van der Waals surface area contributed by atoms with Gasteiger partial charge >= 0.3 is 0 Å². The summed E-state index contributed by atoms with van der Waals surface area (Å²) < 4.78 is 0. The van der Waals surface area contributed by atoms with E-state index < -0.39 is 0 Å².